The SMILES string of the molecule is Cc1csc2c(-n3nc(Nc4cnc5c(c4)CN(C(=O)C(C)(C)N)CC5)nc3N)nc(Cl)nc12. The Hall–Kier alpha value is -3.35. The summed E-state index contributed by atoms with van der Waals surface area (Å²) in [6.45, 7) is 6.41. The Morgan fingerprint density at radius 2 is 2.09 bits per heavy atom. The first-order chi connectivity index (χ1) is 16.1. The van der Waals surface area contributed by atoms with E-state index in [1.165, 1.54) is 16.0 Å². The van der Waals surface area contributed by atoms with Crippen molar-refractivity contribution in [3.63, 3.8) is 0 Å². The van der Waals surface area contributed by atoms with Crippen LogP contribution in [0.1, 0.15) is 30.7 Å². The molecule has 176 valence electrons. The van der Waals surface area contributed by atoms with Crippen molar-refractivity contribution in [1.82, 2.24) is 34.6 Å². The Morgan fingerprint density at radius 3 is 2.85 bits per heavy atom. The summed E-state index contributed by atoms with van der Waals surface area (Å²) in [6, 6.07) is 1.94. The molecule has 5 heterocycles. The number of nitrogens with two attached hydrogens (primary N) is 2. The molecule has 0 spiro atoms. The number of rotatable bonds is 4. The Morgan fingerprint density at radius 1 is 1.29 bits per heavy atom. The fourth-order valence-electron chi connectivity index (χ4n) is 3.87. The topological polar surface area (TPSA) is 154 Å². The maximum absolute atomic E-state index is 12.6. The van der Waals surface area contributed by atoms with Gasteiger partial charge in [-0.2, -0.15) is 14.6 Å². The van der Waals surface area contributed by atoms with Crippen LogP contribution in [0.4, 0.5) is 17.6 Å². The third-order valence-electron chi connectivity index (χ3n) is 5.51. The Balaban J connectivity index is 1.42. The highest BCUT2D eigenvalue weighted by atomic mass is 35.5. The quantitative estimate of drug-likeness (QED) is 0.360. The van der Waals surface area contributed by atoms with Crippen molar-refractivity contribution in [2.45, 2.75) is 39.3 Å². The van der Waals surface area contributed by atoms with Gasteiger partial charge >= 0.3 is 0 Å². The molecule has 1 aliphatic heterocycles. The summed E-state index contributed by atoms with van der Waals surface area (Å²) in [4.78, 5) is 31.9. The van der Waals surface area contributed by atoms with E-state index in [9.17, 15) is 4.79 Å². The third-order valence-corrected chi connectivity index (χ3v) is 6.77. The zero-order valence-corrected chi connectivity index (χ0v) is 20.4. The molecule has 1 aliphatic rings. The molecule has 0 saturated heterocycles. The minimum absolute atomic E-state index is 0.0941. The van der Waals surface area contributed by atoms with Crippen molar-refractivity contribution >= 4 is 56.6 Å². The second-order valence-corrected chi connectivity index (χ2v) is 9.99. The number of nitrogens with zero attached hydrogens (tertiary/aromatic N) is 7. The van der Waals surface area contributed by atoms with Crippen LogP contribution < -0.4 is 16.8 Å². The van der Waals surface area contributed by atoms with Gasteiger partial charge in [-0.05, 0) is 54.9 Å². The van der Waals surface area contributed by atoms with Gasteiger partial charge < -0.3 is 21.7 Å². The number of aromatic nitrogens is 6. The van der Waals surface area contributed by atoms with E-state index in [0.29, 0.717) is 31.0 Å². The number of amides is 1. The van der Waals surface area contributed by atoms with E-state index in [4.69, 9.17) is 23.1 Å². The van der Waals surface area contributed by atoms with Gasteiger partial charge in [0.25, 0.3) is 0 Å². The number of nitrogens with one attached hydrogen (secondary N) is 1. The van der Waals surface area contributed by atoms with Gasteiger partial charge in [-0.1, -0.05) is 0 Å². The molecule has 0 radical (unpaired) electrons. The monoisotopic (exact) mass is 498 g/mol. The number of nitrogen functional groups attached to an aromatic ring is 1. The highest BCUT2D eigenvalue weighted by molar-refractivity contribution is 7.17. The van der Waals surface area contributed by atoms with Crippen molar-refractivity contribution < 1.29 is 4.79 Å². The van der Waals surface area contributed by atoms with Crippen LogP contribution in [0.5, 0.6) is 0 Å². The molecule has 4 aromatic rings. The lowest BCUT2D eigenvalue weighted by molar-refractivity contribution is -0.136. The van der Waals surface area contributed by atoms with Gasteiger partial charge in [0.05, 0.1) is 27.6 Å². The fraction of sp³-hybridized carbons (Fsp3) is 0.333. The third kappa shape index (κ3) is 4.04. The molecule has 5 rings (SSSR count). The van der Waals surface area contributed by atoms with E-state index in [0.717, 1.165) is 27.0 Å². The minimum atomic E-state index is -0.925. The first-order valence-electron chi connectivity index (χ1n) is 10.6. The van der Waals surface area contributed by atoms with Crippen LogP contribution in [-0.4, -0.2) is 52.6 Å². The molecule has 13 heteroatoms. The highest BCUT2D eigenvalue weighted by Crippen LogP contribution is 2.31. The summed E-state index contributed by atoms with van der Waals surface area (Å²) in [5.41, 5.74) is 15.6. The zero-order chi connectivity index (χ0) is 24.2. The van der Waals surface area contributed by atoms with Crippen LogP contribution in [0.15, 0.2) is 17.6 Å². The summed E-state index contributed by atoms with van der Waals surface area (Å²) in [6.07, 6.45) is 2.38. The van der Waals surface area contributed by atoms with E-state index < -0.39 is 5.54 Å². The lowest BCUT2D eigenvalue weighted by atomic mass is 10.0. The van der Waals surface area contributed by atoms with E-state index in [2.05, 4.69) is 30.4 Å². The van der Waals surface area contributed by atoms with Crippen LogP contribution in [0, 0.1) is 6.92 Å². The molecule has 0 bridgehead atoms. The highest BCUT2D eigenvalue weighted by Gasteiger charge is 2.30. The molecule has 0 fully saturated rings. The maximum atomic E-state index is 12.6. The smallest absolute Gasteiger partial charge is 0.248 e. The second-order valence-electron chi connectivity index (χ2n) is 8.77. The fourth-order valence-corrected chi connectivity index (χ4v) is 5.00. The van der Waals surface area contributed by atoms with Crippen molar-refractivity contribution in [3.8, 4) is 5.82 Å². The Bertz CT molecular complexity index is 1420. The number of thiophene rings is 1. The molecule has 0 unspecified atom stereocenters. The number of fused-ring (bicyclic) bond motifs is 2. The number of hydrogen-bond donors (Lipinski definition) is 3. The predicted molar refractivity (Wildman–Crippen MR) is 131 cm³/mol. The van der Waals surface area contributed by atoms with E-state index >= 15 is 0 Å². The molecule has 1 amide bonds. The Labute approximate surface area is 204 Å². The number of carbonyl (C=O) groups excluding carboxylic acids is 1. The summed E-state index contributed by atoms with van der Waals surface area (Å²) < 4.78 is 2.25. The van der Waals surface area contributed by atoms with Crippen molar-refractivity contribution in [2.24, 2.45) is 5.73 Å². The van der Waals surface area contributed by atoms with Gasteiger partial charge in [-0.25, -0.2) is 4.98 Å². The van der Waals surface area contributed by atoms with Crippen LogP contribution in [0.25, 0.3) is 16.0 Å². The van der Waals surface area contributed by atoms with E-state index in [1.54, 1.807) is 24.9 Å². The van der Waals surface area contributed by atoms with Crippen molar-refractivity contribution in [2.75, 3.05) is 17.6 Å². The molecule has 4 aromatic heterocycles. The number of anilines is 3. The largest absolute Gasteiger partial charge is 0.368 e. The first-order valence-corrected chi connectivity index (χ1v) is 11.8. The van der Waals surface area contributed by atoms with Gasteiger partial charge in [0, 0.05) is 25.2 Å². The number of carbonyl (C=O) groups is 1. The Kier molecular flexibility index (Phi) is 5.38. The molecule has 34 heavy (non-hydrogen) atoms. The van der Waals surface area contributed by atoms with Crippen LogP contribution >= 0.6 is 22.9 Å². The van der Waals surface area contributed by atoms with Gasteiger partial charge in [0.1, 0.15) is 0 Å². The lowest BCUT2D eigenvalue weighted by Gasteiger charge is -2.33. The molecular formula is C21H23ClN10OS. The van der Waals surface area contributed by atoms with Crippen molar-refractivity contribution in [1.29, 1.82) is 0 Å². The molecule has 0 saturated carbocycles. The summed E-state index contributed by atoms with van der Waals surface area (Å²) in [7, 11) is 0. The predicted octanol–water partition coefficient (Wildman–Crippen LogP) is 2.58. The van der Waals surface area contributed by atoms with Crippen LogP contribution in [0.2, 0.25) is 5.28 Å². The number of halogens is 1. The van der Waals surface area contributed by atoms with Gasteiger partial charge in [0.15, 0.2) is 5.82 Å². The number of pyridine rings is 1. The van der Waals surface area contributed by atoms with Gasteiger partial charge in [-0.15, -0.1) is 16.4 Å². The summed E-state index contributed by atoms with van der Waals surface area (Å²) >= 11 is 7.63. The molecule has 0 atom stereocenters. The molecule has 5 N–H and O–H groups in total. The average Bonchev–Trinajstić information content (AvgIpc) is 3.33. The van der Waals surface area contributed by atoms with Crippen LogP contribution in [-0.2, 0) is 17.8 Å². The molecular weight excluding hydrogens is 476 g/mol. The minimum Gasteiger partial charge on any atom is -0.368 e. The maximum Gasteiger partial charge on any atom is 0.248 e. The molecule has 0 aliphatic carbocycles. The normalized spacial score (nSPS) is 13.9. The van der Waals surface area contributed by atoms with E-state index in [-0.39, 0.29) is 23.1 Å². The number of aryl methyl sites for hydroxylation is 1. The van der Waals surface area contributed by atoms with Crippen LogP contribution in [0.3, 0.4) is 0 Å². The number of hydrogen-bond acceptors (Lipinski definition) is 10. The molecule has 0 aromatic carbocycles. The van der Waals surface area contributed by atoms with E-state index in [1.807, 2.05) is 18.4 Å². The second kappa shape index (κ2) is 8.15. The lowest BCUT2D eigenvalue weighted by Crippen LogP contribution is -2.52. The van der Waals surface area contributed by atoms with Gasteiger partial charge in [0.2, 0.25) is 23.1 Å². The summed E-state index contributed by atoms with van der Waals surface area (Å²) in [5.74, 6) is 0.802. The molecule has 11 nitrogen and oxygen atoms in total. The van der Waals surface area contributed by atoms with Crippen molar-refractivity contribution in [3.05, 3.63) is 39.7 Å². The zero-order valence-electron chi connectivity index (χ0n) is 18.8. The van der Waals surface area contributed by atoms with Gasteiger partial charge in [-0.3, -0.25) is 9.78 Å². The standard InChI is InChI=1S/C21H23ClN10OS/c1-10-9-34-15-14(10)27-18(22)28-16(15)32-19(23)29-20(30-32)26-12-6-11-8-31(17(33)21(2,3)24)5-4-13(11)25-7-12/h6-7,9H,4-5,8,24H2,1-3H3,(H3,23,26,29,30). The summed E-state index contributed by atoms with van der Waals surface area (Å²) in [5, 5.41) is 9.70. The average molecular weight is 499 g/mol. The first kappa shape index (κ1) is 22.4.